The molecule has 34 heavy (non-hydrogen) atoms. The second-order valence-corrected chi connectivity index (χ2v) is 8.32. The van der Waals surface area contributed by atoms with Crippen molar-refractivity contribution < 1.29 is 14.3 Å². The number of carbonyl (C=O) groups excluding carboxylic acids is 1. The Morgan fingerprint density at radius 2 is 1.71 bits per heavy atom. The predicted octanol–water partition coefficient (Wildman–Crippen LogP) is 6.84. The molecule has 0 radical (unpaired) electrons. The number of hydrogen-bond acceptors (Lipinski definition) is 4. The highest BCUT2D eigenvalue weighted by Crippen LogP contribution is 2.39. The highest BCUT2D eigenvalue weighted by molar-refractivity contribution is 6.34. The lowest BCUT2D eigenvalue weighted by Gasteiger charge is -2.15. The smallest absolute Gasteiger partial charge is 0.248 e. The van der Waals surface area contributed by atoms with Crippen molar-refractivity contribution in [1.82, 2.24) is 4.98 Å². The fourth-order valence-electron chi connectivity index (χ4n) is 3.80. The maximum Gasteiger partial charge on any atom is 0.248 e. The molecule has 6 heteroatoms. The topological polar surface area (TPSA) is 60.5 Å². The number of carbonyl (C=O) groups is 1. The van der Waals surface area contributed by atoms with E-state index in [0.29, 0.717) is 22.2 Å². The number of benzene rings is 3. The molecule has 0 saturated heterocycles. The quantitative estimate of drug-likeness (QED) is 0.312. The minimum Gasteiger partial charge on any atom is -0.493 e. The van der Waals surface area contributed by atoms with Crippen LogP contribution >= 0.6 is 11.6 Å². The van der Waals surface area contributed by atoms with Gasteiger partial charge in [0.05, 0.1) is 31.6 Å². The van der Waals surface area contributed by atoms with Crippen LogP contribution in [0.15, 0.2) is 66.9 Å². The summed E-state index contributed by atoms with van der Waals surface area (Å²) >= 11 is 6.56. The van der Waals surface area contributed by atoms with E-state index in [4.69, 9.17) is 21.1 Å². The lowest BCUT2D eigenvalue weighted by molar-refractivity contribution is -0.111. The molecule has 0 bridgehead atoms. The molecular formula is C28H25ClN2O3. The Balaban J connectivity index is 1.72. The maximum atomic E-state index is 12.9. The third-order valence-corrected chi connectivity index (χ3v) is 6.05. The van der Waals surface area contributed by atoms with Crippen molar-refractivity contribution in [3.63, 3.8) is 0 Å². The third-order valence-electron chi connectivity index (χ3n) is 5.72. The first-order valence-corrected chi connectivity index (χ1v) is 11.1. The second-order valence-electron chi connectivity index (χ2n) is 7.92. The summed E-state index contributed by atoms with van der Waals surface area (Å²) in [6.07, 6.45) is 4.87. The van der Waals surface area contributed by atoms with Gasteiger partial charge in [0.1, 0.15) is 0 Å². The van der Waals surface area contributed by atoms with Crippen molar-refractivity contribution in [3.8, 4) is 22.6 Å². The molecule has 0 atom stereocenters. The van der Waals surface area contributed by atoms with Crippen LogP contribution in [0.4, 0.5) is 5.69 Å². The van der Waals surface area contributed by atoms with Gasteiger partial charge in [-0.1, -0.05) is 35.9 Å². The molecule has 0 fully saturated rings. The Kier molecular flexibility index (Phi) is 6.85. The zero-order valence-corrected chi connectivity index (χ0v) is 20.2. The number of halogens is 1. The van der Waals surface area contributed by atoms with Gasteiger partial charge in [0.2, 0.25) is 5.91 Å². The molecule has 0 aliphatic carbocycles. The van der Waals surface area contributed by atoms with Crippen LogP contribution < -0.4 is 14.8 Å². The number of aryl methyl sites for hydroxylation is 2. The summed E-state index contributed by atoms with van der Waals surface area (Å²) < 4.78 is 10.6. The predicted molar refractivity (Wildman–Crippen MR) is 139 cm³/mol. The summed E-state index contributed by atoms with van der Waals surface area (Å²) in [5, 5.41) is 4.51. The van der Waals surface area contributed by atoms with Crippen LogP contribution in [0.2, 0.25) is 5.02 Å². The molecule has 1 N–H and O–H groups in total. The summed E-state index contributed by atoms with van der Waals surface area (Å²) in [5.74, 6) is 0.935. The summed E-state index contributed by atoms with van der Waals surface area (Å²) in [6.45, 7) is 4.11. The monoisotopic (exact) mass is 472 g/mol. The lowest BCUT2D eigenvalue weighted by Crippen LogP contribution is -2.09. The maximum absolute atomic E-state index is 12.9. The van der Waals surface area contributed by atoms with Crippen LogP contribution in [0.5, 0.6) is 11.5 Å². The summed E-state index contributed by atoms with van der Waals surface area (Å²) in [5.41, 5.74) is 6.20. The van der Waals surface area contributed by atoms with Gasteiger partial charge in [-0.25, -0.2) is 0 Å². The van der Waals surface area contributed by atoms with E-state index in [0.717, 1.165) is 38.7 Å². The molecule has 0 aliphatic rings. The van der Waals surface area contributed by atoms with E-state index in [9.17, 15) is 4.79 Å². The molecule has 0 saturated carbocycles. The van der Waals surface area contributed by atoms with Gasteiger partial charge in [0, 0.05) is 27.6 Å². The number of fused-ring (bicyclic) bond motifs is 1. The van der Waals surface area contributed by atoms with E-state index in [1.54, 1.807) is 38.6 Å². The van der Waals surface area contributed by atoms with Gasteiger partial charge >= 0.3 is 0 Å². The number of hydrogen-bond donors (Lipinski definition) is 1. The van der Waals surface area contributed by atoms with Crippen LogP contribution in [0, 0.1) is 13.8 Å². The Morgan fingerprint density at radius 1 is 0.971 bits per heavy atom. The number of anilines is 1. The molecule has 172 valence electrons. The molecule has 1 aromatic heterocycles. The van der Waals surface area contributed by atoms with Gasteiger partial charge < -0.3 is 14.8 Å². The zero-order valence-electron chi connectivity index (χ0n) is 19.5. The van der Waals surface area contributed by atoms with E-state index in [2.05, 4.69) is 30.2 Å². The minimum atomic E-state index is -0.284. The van der Waals surface area contributed by atoms with Crippen LogP contribution in [-0.2, 0) is 4.79 Å². The Hall–Kier alpha value is -3.83. The highest BCUT2D eigenvalue weighted by atomic mass is 35.5. The molecule has 3 aromatic carbocycles. The number of ether oxygens (including phenoxy) is 2. The Bertz CT molecular complexity index is 1410. The molecule has 0 aliphatic heterocycles. The molecule has 0 unspecified atom stereocenters. The molecule has 1 heterocycles. The number of rotatable bonds is 6. The van der Waals surface area contributed by atoms with Gasteiger partial charge in [0.25, 0.3) is 0 Å². The number of nitrogens with zero attached hydrogens (tertiary/aromatic N) is 1. The van der Waals surface area contributed by atoms with Crippen molar-refractivity contribution >= 4 is 40.2 Å². The SMILES string of the molecule is COc1ccc(/C=C/C(=O)Nc2cnc3cc(C)c(C)cc3c2-c2ccccc2Cl)cc1OC. The minimum absolute atomic E-state index is 0.284. The third kappa shape index (κ3) is 4.75. The van der Waals surface area contributed by atoms with Crippen molar-refractivity contribution in [2.75, 3.05) is 19.5 Å². The van der Waals surface area contributed by atoms with Crippen molar-refractivity contribution in [3.05, 3.63) is 88.6 Å². The molecular weight excluding hydrogens is 448 g/mol. The fourth-order valence-corrected chi connectivity index (χ4v) is 4.03. The normalized spacial score (nSPS) is 11.1. The number of pyridine rings is 1. The lowest BCUT2D eigenvalue weighted by atomic mass is 9.96. The van der Waals surface area contributed by atoms with Crippen LogP contribution in [0.3, 0.4) is 0 Å². The first-order valence-electron chi connectivity index (χ1n) is 10.8. The van der Waals surface area contributed by atoms with Gasteiger partial charge in [-0.3, -0.25) is 9.78 Å². The molecule has 0 spiro atoms. The average Bonchev–Trinajstić information content (AvgIpc) is 2.84. The summed E-state index contributed by atoms with van der Waals surface area (Å²) in [6, 6.07) is 17.2. The van der Waals surface area contributed by atoms with E-state index in [1.165, 1.54) is 6.08 Å². The van der Waals surface area contributed by atoms with Crippen LogP contribution in [0.25, 0.3) is 28.1 Å². The van der Waals surface area contributed by atoms with Crippen LogP contribution in [0.1, 0.15) is 16.7 Å². The number of nitrogens with one attached hydrogen (secondary N) is 1. The molecule has 1 amide bonds. The zero-order chi connectivity index (χ0) is 24.2. The summed E-state index contributed by atoms with van der Waals surface area (Å²) in [7, 11) is 3.15. The Labute approximate surface area is 204 Å². The number of aromatic nitrogens is 1. The van der Waals surface area contributed by atoms with Crippen molar-refractivity contribution in [1.29, 1.82) is 0 Å². The van der Waals surface area contributed by atoms with Gasteiger partial charge in [-0.2, -0.15) is 0 Å². The van der Waals surface area contributed by atoms with Crippen LogP contribution in [-0.4, -0.2) is 25.1 Å². The molecule has 4 rings (SSSR count). The van der Waals surface area contributed by atoms with Crippen molar-refractivity contribution in [2.24, 2.45) is 0 Å². The van der Waals surface area contributed by atoms with Gasteiger partial charge in [-0.05, 0) is 66.9 Å². The van der Waals surface area contributed by atoms with Crippen molar-refractivity contribution in [2.45, 2.75) is 13.8 Å². The fraction of sp³-hybridized carbons (Fsp3) is 0.143. The average molecular weight is 473 g/mol. The number of methoxy groups -OCH3 is 2. The first kappa shape index (κ1) is 23.3. The first-order chi connectivity index (χ1) is 16.4. The summed E-state index contributed by atoms with van der Waals surface area (Å²) in [4.78, 5) is 17.5. The molecule has 5 nitrogen and oxygen atoms in total. The standard InChI is InChI=1S/C28H25ClN2O3/c1-17-13-21-23(14-18(17)2)30-16-24(28(21)20-7-5-6-8-22(20)29)31-27(32)12-10-19-9-11-25(33-3)26(15-19)34-4/h5-16H,1-4H3,(H,31,32)/b12-10+. The Morgan fingerprint density at radius 3 is 2.44 bits per heavy atom. The molecule has 4 aromatic rings. The van der Waals surface area contributed by atoms with E-state index in [-0.39, 0.29) is 5.91 Å². The van der Waals surface area contributed by atoms with E-state index < -0.39 is 0 Å². The van der Waals surface area contributed by atoms with E-state index in [1.807, 2.05) is 36.4 Å². The number of amides is 1. The highest BCUT2D eigenvalue weighted by Gasteiger charge is 2.16. The van der Waals surface area contributed by atoms with Gasteiger partial charge in [0.15, 0.2) is 11.5 Å². The van der Waals surface area contributed by atoms with E-state index >= 15 is 0 Å². The van der Waals surface area contributed by atoms with Gasteiger partial charge in [-0.15, -0.1) is 0 Å². The largest absolute Gasteiger partial charge is 0.493 e. The second kappa shape index (κ2) is 9.98.